The molecule has 35 heavy (non-hydrogen) atoms. The molecule has 0 spiro atoms. The van der Waals surface area contributed by atoms with Crippen molar-refractivity contribution in [3.8, 4) is 0 Å². The number of nitrogens with one attached hydrogen (secondary N) is 1. The largest absolute Gasteiger partial charge is 0.342 e. The fraction of sp³-hybridized carbons (Fsp3) is 0.345. The van der Waals surface area contributed by atoms with E-state index in [0.717, 1.165) is 73.8 Å². The third-order valence-corrected chi connectivity index (χ3v) is 7.71. The molecule has 0 atom stereocenters. The van der Waals surface area contributed by atoms with E-state index < -0.39 is 0 Å². The molecule has 0 radical (unpaired) electrons. The number of hydrogen-bond acceptors (Lipinski definition) is 2. The van der Waals surface area contributed by atoms with Gasteiger partial charge in [0, 0.05) is 37.3 Å². The van der Waals surface area contributed by atoms with E-state index in [1.54, 1.807) is 0 Å². The molecule has 0 aromatic heterocycles. The molecule has 6 heteroatoms. The topological polar surface area (TPSA) is 18.5 Å². The Labute approximate surface area is 211 Å². The molecule has 0 aliphatic carbocycles. The molecule has 0 bridgehead atoms. The third-order valence-electron chi connectivity index (χ3n) is 7.37. The number of likely N-dealkylation sites (tertiary alicyclic amines) is 1. The second-order valence-electron chi connectivity index (χ2n) is 9.59. The van der Waals surface area contributed by atoms with Crippen LogP contribution in [0.5, 0.6) is 0 Å². The predicted octanol–water partition coefficient (Wildman–Crippen LogP) is 6.55. The van der Waals surface area contributed by atoms with Gasteiger partial charge in [-0.3, -0.25) is 0 Å². The number of anilines is 1. The molecule has 1 N–H and O–H groups in total. The highest BCUT2D eigenvalue weighted by molar-refractivity contribution is 7.80. The van der Waals surface area contributed by atoms with E-state index in [1.165, 1.54) is 29.8 Å². The fourth-order valence-electron chi connectivity index (χ4n) is 5.41. The third kappa shape index (κ3) is 5.71. The second kappa shape index (κ2) is 10.8. The summed E-state index contributed by atoms with van der Waals surface area (Å²) in [6.07, 6.45) is 4.17. The molecular formula is C29H31F2N3S. The van der Waals surface area contributed by atoms with Crippen molar-refractivity contribution in [1.29, 1.82) is 0 Å². The number of para-hydroxylation sites is 1. The Bertz CT molecular complexity index is 1100. The summed E-state index contributed by atoms with van der Waals surface area (Å²) in [5.41, 5.74) is 4.57. The lowest BCUT2D eigenvalue weighted by Crippen LogP contribution is -2.50. The van der Waals surface area contributed by atoms with Crippen LogP contribution in [0.3, 0.4) is 0 Å². The highest BCUT2D eigenvalue weighted by Gasteiger charge is 2.29. The summed E-state index contributed by atoms with van der Waals surface area (Å²) >= 11 is 5.68. The van der Waals surface area contributed by atoms with Gasteiger partial charge in [-0.05, 0) is 91.5 Å². The number of hydrogen-bond donors (Lipinski definition) is 1. The molecule has 2 aliphatic rings. The zero-order valence-corrected chi connectivity index (χ0v) is 20.6. The first-order chi connectivity index (χ1) is 17.1. The normalized spacial score (nSPS) is 16.9. The van der Waals surface area contributed by atoms with Gasteiger partial charge in [-0.2, -0.15) is 0 Å². The van der Waals surface area contributed by atoms with Crippen molar-refractivity contribution in [2.24, 2.45) is 0 Å². The molecule has 3 aromatic rings. The van der Waals surface area contributed by atoms with Crippen LogP contribution < -0.4 is 5.32 Å². The quantitative estimate of drug-likeness (QED) is 0.378. The van der Waals surface area contributed by atoms with Crippen molar-refractivity contribution in [3.05, 3.63) is 101 Å². The van der Waals surface area contributed by atoms with Crippen LogP contribution in [0.15, 0.2) is 72.8 Å². The Morgan fingerprint density at radius 1 is 0.857 bits per heavy atom. The first-order valence-electron chi connectivity index (χ1n) is 12.5. The van der Waals surface area contributed by atoms with Crippen LogP contribution in [-0.2, 0) is 6.54 Å². The number of fused-ring (bicyclic) bond motifs is 1. The van der Waals surface area contributed by atoms with E-state index in [4.69, 9.17) is 12.2 Å². The highest BCUT2D eigenvalue weighted by atomic mass is 32.1. The summed E-state index contributed by atoms with van der Waals surface area (Å²) < 4.78 is 27.0. The van der Waals surface area contributed by atoms with Gasteiger partial charge < -0.3 is 15.1 Å². The maximum Gasteiger partial charge on any atom is 0.173 e. The SMILES string of the molecule is Fc1ccc(C(CCCN2CCC(N3Cc4ccccc4NC3=S)CC2)c2ccc(F)cc2)cc1. The monoisotopic (exact) mass is 491 g/mol. The number of rotatable bonds is 7. The Kier molecular flexibility index (Phi) is 7.40. The summed E-state index contributed by atoms with van der Waals surface area (Å²) in [7, 11) is 0. The average molecular weight is 492 g/mol. The number of halogens is 2. The van der Waals surface area contributed by atoms with Crippen molar-refractivity contribution in [2.75, 3.05) is 25.0 Å². The summed E-state index contributed by atoms with van der Waals surface area (Å²) in [6.45, 7) is 4.02. The molecule has 3 nitrogen and oxygen atoms in total. The van der Waals surface area contributed by atoms with Crippen molar-refractivity contribution < 1.29 is 8.78 Å². The molecule has 1 fully saturated rings. The lowest BCUT2D eigenvalue weighted by atomic mass is 9.87. The molecule has 0 unspecified atom stereocenters. The Morgan fingerprint density at radius 2 is 1.46 bits per heavy atom. The van der Waals surface area contributed by atoms with Crippen LogP contribution in [0.1, 0.15) is 48.3 Å². The summed E-state index contributed by atoms with van der Waals surface area (Å²) in [6, 6.07) is 22.3. The maximum atomic E-state index is 13.5. The van der Waals surface area contributed by atoms with Gasteiger partial charge in [-0.15, -0.1) is 0 Å². The van der Waals surface area contributed by atoms with Gasteiger partial charge in [0.05, 0.1) is 0 Å². The number of nitrogens with zero attached hydrogens (tertiary/aromatic N) is 2. The van der Waals surface area contributed by atoms with Gasteiger partial charge in [0.2, 0.25) is 0 Å². The van der Waals surface area contributed by atoms with E-state index in [0.29, 0.717) is 6.04 Å². The van der Waals surface area contributed by atoms with E-state index in [-0.39, 0.29) is 17.6 Å². The van der Waals surface area contributed by atoms with Gasteiger partial charge in [0.25, 0.3) is 0 Å². The van der Waals surface area contributed by atoms with Crippen LogP contribution in [0.2, 0.25) is 0 Å². The first-order valence-corrected chi connectivity index (χ1v) is 12.9. The van der Waals surface area contributed by atoms with Gasteiger partial charge in [-0.1, -0.05) is 42.5 Å². The van der Waals surface area contributed by atoms with E-state index in [1.807, 2.05) is 30.3 Å². The number of piperidine rings is 1. The Balaban J connectivity index is 1.15. The minimum absolute atomic E-state index is 0.130. The number of benzene rings is 3. The number of thiocarbonyl (C=S) groups is 1. The summed E-state index contributed by atoms with van der Waals surface area (Å²) in [5.74, 6) is -0.340. The lowest BCUT2D eigenvalue weighted by molar-refractivity contribution is 0.148. The zero-order valence-electron chi connectivity index (χ0n) is 19.8. The zero-order chi connectivity index (χ0) is 24.2. The molecule has 1 saturated heterocycles. The maximum absolute atomic E-state index is 13.5. The standard InChI is InChI=1S/C29H31F2N3S/c30-24-11-7-21(8-12-24)27(22-9-13-25(31)14-10-22)5-3-17-33-18-15-26(16-19-33)34-20-23-4-1-2-6-28(23)32-29(34)35/h1-2,4,6-14,26-27H,3,5,15-20H2,(H,32,35). The van der Waals surface area contributed by atoms with Gasteiger partial charge in [0.15, 0.2) is 5.11 Å². The predicted molar refractivity (Wildman–Crippen MR) is 142 cm³/mol. The Hall–Kier alpha value is -2.83. The van der Waals surface area contributed by atoms with Crippen LogP contribution >= 0.6 is 12.2 Å². The van der Waals surface area contributed by atoms with Gasteiger partial charge in [-0.25, -0.2) is 8.78 Å². The summed E-state index contributed by atoms with van der Waals surface area (Å²) in [4.78, 5) is 4.89. The minimum Gasteiger partial charge on any atom is -0.342 e. The van der Waals surface area contributed by atoms with E-state index in [9.17, 15) is 8.78 Å². The summed E-state index contributed by atoms with van der Waals surface area (Å²) in [5, 5.41) is 4.24. The average Bonchev–Trinajstić information content (AvgIpc) is 2.88. The molecule has 5 rings (SSSR count). The van der Waals surface area contributed by atoms with Gasteiger partial charge >= 0.3 is 0 Å². The van der Waals surface area contributed by atoms with Crippen LogP contribution in [0, 0.1) is 11.6 Å². The molecule has 0 amide bonds. The lowest BCUT2D eigenvalue weighted by Gasteiger charge is -2.42. The molecule has 3 aromatic carbocycles. The molecule has 182 valence electrons. The molecule has 2 aliphatic heterocycles. The van der Waals surface area contributed by atoms with Crippen molar-refractivity contribution in [3.63, 3.8) is 0 Å². The molecular weight excluding hydrogens is 460 g/mol. The van der Waals surface area contributed by atoms with Crippen molar-refractivity contribution in [1.82, 2.24) is 9.80 Å². The highest BCUT2D eigenvalue weighted by Crippen LogP contribution is 2.31. The van der Waals surface area contributed by atoms with Gasteiger partial charge in [0.1, 0.15) is 11.6 Å². The van der Waals surface area contributed by atoms with E-state index >= 15 is 0 Å². The van der Waals surface area contributed by atoms with E-state index in [2.05, 4.69) is 33.3 Å². The second-order valence-corrected chi connectivity index (χ2v) is 9.97. The van der Waals surface area contributed by atoms with Crippen LogP contribution in [0.4, 0.5) is 14.5 Å². The smallest absolute Gasteiger partial charge is 0.173 e. The first kappa shape index (κ1) is 23.9. The minimum atomic E-state index is -0.235. The molecule has 2 heterocycles. The molecule has 0 saturated carbocycles. The van der Waals surface area contributed by atoms with Crippen LogP contribution in [-0.4, -0.2) is 40.6 Å². The van der Waals surface area contributed by atoms with Crippen LogP contribution in [0.25, 0.3) is 0 Å². The Morgan fingerprint density at radius 3 is 2.09 bits per heavy atom. The van der Waals surface area contributed by atoms with Crippen molar-refractivity contribution in [2.45, 2.75) is 44.2 Å². The fourth-order valence-corrected chi connectivity index (χ4v) is 5.73. The van der Waals surface area contributed by atoms with Crippen molar-refractivity contribution >= 4 is 23.0 Å².